The molecule has 5 aromatic rings. The number of benzene rings is 3. The molecule has 14 nitrogen and oxygen atoms in total. The summed E-state index contributed by atoms with van der Waals surface area (Å²) in [5, 5.41) is 8.62. The molecule has 16 heteroatoms. The summed E-state index contributed by atoms with van der Waals surface area (Å²) in [5.74, 6) is -0.913. The Morgan fingerprint density at radius 3 is 2.25 bits per heavy atom. The van der Waals surface area contributed by atoms with Crippen LogP contribution in [0.25, 0.3) is 16.6 Å². The smallest absolute Gasteiger partial charge is 0.336 e. The maximum absolute atomic E-state index is 15.2. The number of halogens is 2. The van der Waals surface area contributed by atoms with Gasteiger partial charge in [0.15, 0.2) is 0 Å². The second-order valence-corrected chi connectivity index (χ2v) is 18.7. The number of amides is 3. The summed E-state index contributed by atoms with van der Waals surface area (Å²) in [6, 6.07) is 19.4. The van der Waals surface area contributed by atoms with Crippen molar-refractivity contribution in [3.05, 3.63) is 118 Å². The second kappa shape index (κ2) is 17.5. The molecule has 1 saturated carbocycles. The molecule has 63 heavy (non-hydrogen) atoms. The largest absolute Gasteiger partial charge is 0.372 e. The van der Waals surface area contributed by atoms with Gasteiger partial charge >= 0.3 is 5.69 Å². The molecule has 1 atom stereocenters. The minimum Gasteiger partial charge on any atom is -0.372 e. The summed E-state index contributed by atoms with van der Waals surface area (Å²) in [5.41, 5.74) is 1.74. The molecule has 9 rings (SSSR count). The first kappa shape index (κ1) is 42.7. The van der Waals surface area contributed by atoms with Gasteiger partial charge in [-0.05, 0) is 148 Å². The number of nitrogens with zero attached hydrogens (tertiary/aromatic N) is 5. The number of fused-ring (bicyclic) bond motifs is 1. The van der Waals surface area contributed by atoms with E-state index < -0.39 is 22.6 Å². The van der Waals surface area contributed by atoms with E-state index in [0.717, 1.165) is 69.7 Å². The van der Waals surface area contributed by atoms with E-state index in [1.165, 1.54) is 26.8 Å². The van der Waals surface area contributed by atoms with Gasteiger partial charge in [0.25, 0.3) is 11.1 Å². The molecule has 0 bridgehead atoms. The number of pyridine rings is 1. The van der Waals surface area contributed by atoms with Gasteiger partial charge in [-0.25, -0.2) is 9.18 Å². The molecule has 328 valence electrons. The zero-order chi connectivity index (χ0) is 44.1. The lowest BCUT2D eigenvalue weighted by molar-refractivity contribution is -0.134. The van der Waals surface area contributed by atoms with Gasteiger partial charge < -0.3 is 20.4 Å². The van der Waals surface area contributed by atoms with Crippen LogP contribution in [0.1, 0.15) is 74.5 Å². The predicted molar refractivity (Wildman–Crippen MR) is 249 cm³/mol. The van der Waals surface area contributed by atoms with E-state index in [0.29, 0.717) is 46.5 Å². The van der Waals surface area contributed by atoms with Crippen molar-refractivity contribution in [2.24, 2.45) is 18.9 Å². The SMILES string of the molecule is Cc1c(=O)n(C)c(Nc2ccc(I)cc2F)c2c(=O)n(C3CC3)c(=O)n(-c3cccc(NC(=O)C4CCN(CC5CCN(c6ccc(C7CCC(=O)NC7=O)cc6)CC5)CC4)c3)c12. The van der Waals surface area contributed by atoms with Gasteiger partial charge in [0.05, 0.1) is 22.8 Å². The summed E-state index contributed by atoms with van der Waals surface area (Å²) in [6.07, 6.45) is 5.79. The third-order valence-corrected chi connectivity index (χ3v) is 14.0. The van der Waals surface area contributed by atoms with Crippen LogP contribution in [0.15, 0.2) is 81.1 Å². The lowest BCUT2D eigenvalue weighted by Gasteiger charge is -2.38. The second-order valence-electron chi connectivity index (χ2n) is 17.5. The number of aromatic nitrogens is 3. The summed E-state index contributed by atoms with van der Waals surface area (Å²) in [6.45, 7) is 6.10. The van der Waals surface area contributed by atoms with Crippen molar-refractivity contribution in [1.29, 1.82) is 0 Å². The van der Waals surface area contributed by atoms with Crippen molar-refractivity contribution >= 4 is 74.1 Å². The Bertz CT molecular complexity index is 2820. The highest BCUT2D eigenvalue weighted by Gasteiger charge is 2.33. The number of anilines is 4. The van der Waals surface area contributed by atoms with Crippen LogP contribution in [-0.2, 0) is 21.4 Å². The van der Waals surface area contributed by atoms with E-state index in [1.54, 1.807) is 43.3 Å². The molecular weight excluding hydrogens is 918 g/mol. The van der Waals surface area contributed by atoms with Gasteiger partial charge in [0.2, 0.25) is 17.7 Å². The number of nitrogens with one attached hydrogen (secondary N) is 3. The first-order valence-electron chi connectivity index (χ1n) is 21.8. The third kappa shape index (κ3) is 8.58. The highest BCUT2D eigenvalue weighted by atomic mass is 127. The highest BCUT2D eigenvalue weighted by molar-refractivity contribution is 14.1. The van der Waals surface area contributed by atoms with Crippen molar-refractivity contribution < 1.29 is 18.8 Å². The fourth-order valence-corrected chi connectivity index (χ4v) is 10.0. The van der Waals surface area contributed by atoms with E-state index in [-0.39, 0.29) is 63.6 Å². The van der Waals surface area contributed by atoms with Gasteiger partial charge in [0, 0.05) is 65.6 Å². The van der Waals surface area contributed by atoms with Crippen LogP contribution < -0.4 is 37.7 Å². The Hall–Kier alpha value is -5.62. The van der Waals surface area contributed by atoms with Gasteiger partial charge in [-0.3, -0.25) is 43.0 Å². The van der Waals surface area contributed by atoms with Crippen LogP contribution in [0.4, 0.5) is 27.3 Å². The molecule has 4 aliphatic rings. The van der Waals surface area contributed by atoms with Crippen LogP contribution in [0, 0.1) is 28.1 Å². The number of likely N-dealkylation sites (tertiary alicyclic amines) is 1. The average Bonchev–Trinajstić information content (AvgIpc) is 4.11. The number of hydrogen-bond donors (Lipinski definition) is 3. The predicted octanol–water partition coefficient (Wildman–Crippen LogP) is 6.07. The summed E-state index contributed by atoms with van der Waals surface area (Å²) in [7, 11) is 1.51. The minimum absolute atomic E-state index is 0.0748. The molecule has 1 aliphatic carbocycles. The van der Waals surface area contributed by atoms with Crippen molar-refractivity contribution in [2.45, 2.75) is 70.3 Å². The first-order valence-corrected chi connectivity index (χ1v) is 22.9. The highest BCUT2D eigenvalue weighted by Crippen LogP contribution is 2.35. The topological polar surface area (TPSA) is 160 Å². The number of imide groups is 1. The number of carbonyl (C=O) groups excluding carboxylic acids is 3. The molecule has 3 saturated heterocycles. The molecular formula is C47H50FIN8O6. The summed E-state index contributed by atoms with van der Waals surface area (Å²) < 4.78 is 19.7. The maximum Gasteiger partial charge on any atom is 0.336 e. The fraction of sp³-hybridized carbons (Fsp3) is 0.404. The number of rotatable bonds is 10. The molecule has 4 fully saturated rings. The van der Waals surface area contributed by atoms with Crippen LogP contribution in [0.3, 0.4) is 0 Å². The van der Waals surface area contributed by atoms with E-state index in [4.69, 9.17) is 0 Å². The first-order chi connectivity index (χ1) is 30.3. The van der Waals surface area contributed by atoms with Crippen molar-refractivity contribution in [2.75, 3.05) is 48.3 Å². The summed E-state index contributed by atoms with van der Waals surface area (Å²) in [4.78, 5) is 84.8. The number of piperidine rings is 3. The molecule has 0 spiro atoms. The maximum atomic E-state index is 15.2. The molecule has 3 aromatic carbocycles. The van der Waals surface area contributed by atoms with Crippen molar-refractivity contribution in [3.8, 4) is 5.69 Å². The molecule has 0 radical (unpaired) electrons. The fourth-order valence-electron chi connectivity index (χ4n) is 9.59. The Morgan fingerprint density at radius 2 is 1.57 bits per heavy atom. The average molecular weight is 969 g/mol. The van der Waals surface area contributed by atoms with E-state index in [9.17, 15) is 28.8 Å². The van der Waals surface area contributed by atoms with Gasteiger partial charge in [-0.1, -0.05) is 18.2 Å². The van der Waals surface area contributed by atoms with Crippen LogP contribution in [-0.4, -0.2) is 69.0 Å². The van der Waals surface area contributed by atoms with Crippen LogP contribution in [0.2, 0.25) is 0 Å². The molecule has 3 aliphatic heterocycles. The van der Waals surface area contributed by atoms with E-state index in [1.807, 2.05) is 34.7 Å². The normalized spacial score (nSPS) is 19.0. The van der Waals surface area contributed by atoms with Crippen molar-refractivity contribution in [3.63, 3.8) is 0 Å². The lowest BCUT2D eigenvalue weighted by atomic mass is 9.90. The Balaban J connectivity index is 0.860. The Kier molecular flexibility index (Phi) is 11.9. The van der Waals surface area contributed by atoms with Gasteiger partial charge in [-0.2, -0.15) is 0 Å². The number of aryl methyl sites for hydroxylation is 1. The Morgan fingerprint density at radius 1 is 0.841 bits per heavy atom. The lowest BCUT2D eigenvalue weighted by Crippen LogP contribution is -2.43. The quantitative estimate of drug-likeness (QED) is 0.112. The minimum atomic E-state index is -0.583. The Labute approximate surface area is 376 Å². The molecule has 2 aromatic heterocycles. The number of hydrogen-bond acceptors (Lipinski definition) is 9. The zero-order valence-electron chi connectivity index (χ0n) is 35.3. The van der Waals surface area contributed by atoms with E-state index in [2.05, 4.69) is 37.9 Å². The van der Waals surface area contributed by atoms with Crippen LogP contribution >= 0.6 is 22.6 Å². The molecule has 3 amide bonds. The third-order valence-electron chi connectivity index (χ3n) is 13.3. The molecule has 1 unspecified atom stereocenters. The number of carbonyl (C=O) groups is 3. The molecule has 5 heterocycles. The van der Waals surface area contributed by atoms with Gasteiger partial charge in [-0.15, -0.1) is 0 Å². The summed E-state index contributed by atoms with van der Waals surface area (Å²) >= 11 is 2.01. The van der Waals surface area contributed by atoms with Gasteiger partial charge in [0.1, 0.15) is 17.0 Å². The molecule has 3 N–H and O–H groups in total. The standard InChI is InChI=1S/C47H50FIN8O6/c1-27-41-40(42(53(2)45(27)61)51-38-14-8-31(49)24-37(38)48)46(62)57(34-11-12-34)47(63)56(41)35-5-3-4-32(25-35)50-43(59)30-18-20-54(21-19-30)26-28-16-22-55(23-17-28)33-9-6-29(7-10-33)36-13-15-39(58)52-44(36)60/h3-10,14,24-25,28,30,34,36,51H,11-13,15-23,26H2,1-2H3,(H,50,59)(H,52,58,60). The zero-order valence-corrected chi connectivity index (χ0v) is 37.5. The van der Waals surface area contributed by atoms with Crippen molar-refractivity contribution in [1.82, 2.24) is 23.9 Å². The van der Waals surface area contributed by atoms with Crippen LogP contribution in [0.5, 0.6) is 0 Å². The monoisotopic (exact) mass is 968 g/mol. The van der Waals surface area contributed by atoms with E-state index >= 15 is 4.39 Å².